The molecular weight excluding hydrogens is 382 g/mol. The van der Waals surface area contributed by atoms with Gasteiger partial charge in [0.2, 0.25) is 5.49 Å². The van der Waals surface area contributed by atoms with Crippen LogP contribution in [0.2, 0.25) is 0 Å². The lowest BCUT2D eigenvalue weighted by atomic mass is 10.3. The van der Waals surface area contributed by atoms with Crippen molar-refractivity contribution in [3.05, 3.63) is 54.3 Å². The first-order chi connectivity index (χ1) is 15.1. The molecule has 168 valence electrons. The fourth-order valence-electron chi connectivity index (χ4n) is 5.52. The molecule has 2 fully saturated rings. The van der Waals surface area contributed by atoms with Crippen LogP contribution in [-0.4, -0.2) is 66.9 Å². The van der Waals surface area contributed by atoms with E-state index in [0.29, 0.717) is 0 Å². The van der Waals surface area contributed by atoms with E-state index >= 15 is 0 Å². The van der Waals surface area contributed by atoms with Gasteiger partial charge in [0.25, 0.3) is 0 Å². The minimum absolute atomic E-state index is 1.04. The van der Waals surface area contributed by atoms with Crippen LogP contribution in [0.3, 0.4) is 0 Å². The number of nitrogens with zero attached hydrogens (tertiary/aromatic N) is 5. The van der Waals surface area contributed by atoms with Crippen molar-refractivity contribution < 1.29 is 13.5 Å². The molecule has 0 aromatic carbocycles. The van der Waals surface area contributed by atoms with Gasteiger partial charge in [-0.05, 0) is 17.1 Å². The third-order valence-electron chi connectivity index (χ3n) is 7.55. The third-order valence-corrected chi connectivity index (χ3v) is 7.55. The van der Waals surface area contributed by atoms with E-state index in [1.807, 2.05) is 0 Å². The highest BCUT2D eigenvalue weighted by atomic mass is 15.3. The molecule has 0 bridgehead atoms. The van der Waals surface area contributed by atoms with Crippen molar-refractivity contribution >= 4 is 5.82 Å². The number of rotatable bonds is 9. The van der Waals surface area contributed by atoms with Gasteiger partial charge in [-0.1, -0.05) is 12.1 Å². The zero-order valence-electron chi connectivity index (χ0n) is 19.8. The van der Waals surface area contributed by atoms with Gasteiger partial charge in [-0.2, -0.15) is 0 Å². The predicted molar refractivity (Wildman–Crippen MR) is 126 cm³/mol. The van der Waals surface area contributed by atoms with Crippen LogP contribution in [0.1, 0.15) is 38.5 Å². The van der Waals surface area contributed by atoms with Gasteiger partial charge in [0, 0.05) is 63.4 Å². The monoisotopic (exact) mass is 424 g/mol. The van der Waals surface area contributed by atoms with Gasteiger partial charge in [-0.3, -0.25) is 0 Å². The quantitative estimate of drug-likeness (QED) is 0.435. The van der Waals surface area contributed by atoms with Crippen molar-refractivity contribution in [3.8, 4) is 0 Å². The van der Waals surface area contributed by atoms with Crippen LogP contribution in [-0.2, 0) is 13.1 Å². The first-order valence-electron chi connectivity index (χ1n) is 12.4. The van der Waals surface area contributed by atoms with Crippen molar-refractivity contribution in [1.29, 1.82) is 0 Å². The number of pyridine rings is 2. The van der Waals surface area contributed by atoms with Crippen LogP contribution in [0.5, 0.6) is 0 Å². The van der Waals surface area contributed by atoms with E-state index < -0.39 is 0 Å². The molecule has 0 radical (unpaired) electrons. The van der Waals surface area contributed by atoms with Crippen LogP contribution < -0.4 is 10.1 Å². The molecule has 0 atom stereocenters. The third kappa shape index (κ3) is 6.05. The number of likely N-dealkylation sites (tertiary alicyclic amines) is 2. The molecule has 5 nitrogen and oxygen atoms in total. The molecule has 0 aliphatic carbocycles. The lowest BCUT2D eigenvalue weighted by molar-refractivity contribution is -0.899. The van der Waals surface area contributed by atoms with Gasteiger partial charge in [-0.15, -0.1) is 0 Å². The lowest BCUT2D eigenvalue weighted by Gasteiger charge is -2.29. The maximum atomic E-state index is 5.09. The highest BCUT2D eigenvalue weighted by Gasteiger charge is 2.27. The molecule has 5 heteroatoms. The molecule has 2 aliphatic rings. The van der Waals surface area contributed by atoms with E-state index in [4.69, 9.17) is 4.99 Å². The minimum Gasteiger partial charge on any atom is -0.326 e. The summed E-state index contributed by atoms with van der Waals surface area (Å²) in [6, 6.07) is 12.8. The summed E-state index contributed by atoms with van der Waals surface area (Å²) in [7, 11) is 4.84. The van der Waals surface area contributed by atoms with Crippen molar-refractivity contribution in [3.63, 3.8) is 0 Å². The predicted octanol–water partition coefficient (Wildman–Crippen LogP) is 3.27. The average molecular weight is 425 g/mol. The van der Waals surface area contributed by atoms with E-state index in [9.17, 15) is 0 Å². The second-order valence-corrected chi connectivity index (χ2v) is 10.3. The van der Waals surface area contributed by atoms with Crippen LogP contribution in [0, 0.1) is 0 Å². The summed E-state index contributed by atoms with van der Waals surface area (Å²) in [4.78, 5) is 5.09. The first kappa shape index (κ1) is 22.2. The largest absolute Gasteiger partial charge is 0.326 e. The summed E-state index contributed by atoms with van der Waals surface area (Å²) < 4.78 is 7.15. The molecule has 0 unspecified atom stereocenters. The topological polar surface area (TPSA) is 21.2 Å². The standard InChI is InChI=1S/C26H42N5/c1-30(19-7-8-20-30)23-11-17-28-15-5-3-13-25(28)27-26-14-4-6-16-29(26)18-12-24-31(2)21-9-10-22-31/h3-6,13-16H,7-12,17-24H2,1-2H3/q+3. The summed E-state index contributed by atoms with van der Waals surface area (Å²) in [6.07, 6.45) is 12.4. The lowest BCUT2D eigenvalue weighted by Crippen LogP contribution is -2.44. The molecule has 2 aromatic rings. The van der Waals surface area contributed by atoms with E-state index in [2.05, 4.69) is 72.0 Å². The van der Waals surface area contributed by atoms with E-state index in [-0.39, 0.29) is 0 Å². The Morgan fingerprint density at radius 2 is 1.48 bits per heavy atom. The first-order valence-corrected chi connectivity index (χ1v) is 12.4. The molecule has 2 aromatic heterocycles. The Bertz CT molecular complexity index is 904. The average Bonchev–Trinajstić information content (AvgIpc) is 3.39. The molecule has 0 saturated carbocycles. The summed E-state index contributed by atoms with van der Waals surface area (Å²) in [5, 5.41) is 0. The second kappa shape index (κ2) is 10.1. The molecule has 4 rings (SSSR count). The molecule has 0 amide bonds. The van der Waals surface area contributed by atoms with Crippen molar-refractivity contribution in [1.82, 2.24) is 4.57 Å². The van der Waals surface area contributed by atoms with Crippen LogP contribution in [0.15, 0.2) is 53.8 Å². The number of quaternary nitrogens is 2. The molecule has 2 aliphatic heterocycles. The highest BCUT2D eigenvalue weighted by molar-refractivity contribution is 5.19. The zero-order valence-corrected chi connectivity index (χ0v) is 19.8. The molecule has 0 spiro atoms. The Balaban J connectivity index is 1.43. The Morgan fingerprint density at radius 3 is 2.19 bits per heavy atom. The molecule has 0 N–H and O–H groups in total. The van der Waals surface area contributed by atoms with E-state index in [1.165, 1.54) is 86.8 Å². The fraction of sp³-hybridized carbons (Fsp3) is 0.615. The molecule has 31 heavy (non-hydrogen) atoms. The summed E-state index contributed by atoms with van der Waals surface area (Å²) in [5.74, 6) is 1.06. The van der Waals surface area contributed by atoms with E-state index in [0.717, 1.165) is 24.4 Å². The SMILES string of the molecule is C[N+]1(CCCn2cccc/c2=N\c2cccc[n+]2CCC[N+]2(C)CCCC2)CCCC1. The molecular formula is C26H42N5+3. The minimum atomic E-state index is 1.04. The van der Waals surface area contributed by atoms with Crippen molar-refractivity contribution in [2.75, 3.05) is 53.4 Å². The van der Waals surface area contributed by atoms with Crippen molar-refractivity contribution in [2.24, 2.45) is 4.99 Å². The van der Waals surface area contributed by atoms with Gasteiger partial charge in [0.15, 0.2) is 0 Å². The van der Waals surface area contributed by atoms with Gasteiger partial charge in [0.05, 0.1) is 66.1 Å². The fourth-order valence-corrected chi connectivity index (χ4v) is 5.52. The maximum Gasteiger partial charge on any atom is 0.325 e. The number of hydrogen-bond acceptors (Lipinski definition) is 1. The van der Waals surface area contributed by atoms with Crippen LogP contribution in [0.4, 0.5) is 5.82 Å². The van der Waals surface area contributed by atoms with Gasteiger partial charge in [-0.25, -0.2) is 4.57 Å². The zero-order chi connectivity index (χ0) is 21.6. The van der Waals surface area contributed by atoms with Crippen LogP contribution in [0.25, 0.3) is 0 Å². The normalized spacial score (nSPS) is 20.4. The maximum absolute atomic E-state index is 5.09. The van der Waals surface area contributed by atoms with E-state index in [1.54, 1.807) is 0 Å². The highest BCUT2D eigenvalue weighted by Crippen LogP contribution is 2.17. The molecule has 4 heterocycles. The van der Waals surface area contributed by atoms with Crippen LogP contribution >= 0.6 is 0 Å². The van der Waals surface area contributed by atoms with Gasteiger partial charge < -0.3 is 13.5 Å². The number of aromatic nitrogens is 2. The Kier molecular flexibility index (Phi) is 7.24. The van der Waals surface area contributed by atoms with Gasteiger partial charge >= 0.3 is 5.82 Å². The summed E-state index contributed by atoms with van der Waals surface area (Å²) in [6.45, 7) is 9.99. The Morgan fingerprint density at radius 1 is 0.839 bits per heavy atom. The van der Waals surface area contributed by atoms with Gasteiger partial charge in [0.1, 0.15) is 0 Å². The summed E-state index contributed by atoms with van der Waals surface area (Å²) >= 11 is 0. The Labute approximate surface area is 188 Å². The van der Waals surface area contributed by atoms with Crippen molar-refractivity contribution in [2.45, 2.75) is 51.6 Å². The summed E-state index contributed by atoms with van der Waals surface area (Å²) in [5.41, 5.74) is 1.06. The number of hydrogen-bond donors (Lipinski definition) is 0. The Hall–Kier alpha value is -1.98. The molecule has 2 saturated heterocycles. The number of aryl methyl sites for hydroxylation is 2. The second-order valence-electron chi connectivity index (χ2n) is 10.3. The smallest absolute Gasteiger partial charge is 0.325 e.